The van der Waals surface area contributed by atoms with Crippen LogP contribution in [0.2, 0.25) is 0 Å². The van der Waals surface area contributed by atoms with Gasteiger partial charge in [0.2, 0.25) is 0 Å². The van der Waals surface area contributed by atoms with Crippen molar-refractivity contribution in [2.24, 2.45) is 0 Å². The molecule has 0 radical (unpaired) electrons. The van der Waals surface area contributed by atoms with E-state index in [1.807, 2.05) is 6.07 Å². The molecule has 0 unspecified atom stereocenters. The summed E-state index contributed by atoms with van der Waals surface area (Å²) in [6, 6.07) is 15.4. The molecule has 0 aromatic heterocycles. The molecular formula is C17H17NO4. The molecule has 1 amide bonds. The van der Waals surface area contributed by atoms with Crippen LogP contribution in [-0.4, -0.2) is 22.6 Å². The van der Waals surface area contributed by atoms with E-state index in [1.165, 1.54) is 13.8 Å². The fourth-order valence-electron chi connectivity index (χ4n) is 1.74. The maximum Gasteiger partial charge on any atom is 0.347 e. The van der Waals surface area contributed by atoms with E-state index >= 15 is 0 Å². The number of benzene rings is 2. The van der Waals surface area contributed by atoms with E-state index in [4.69, 9.17) is 9.84 Å². The Morgan fingerprint density at radius 3 is 2.14 bits per heavy atom. The number of ether oxygens (including phenoxy) is 1. The Morgan fingerprint density at radius 1 is 1.00 bits per heavy atom. The molecule has 2 aromatic rings. The van der Waals surface area contributed by atoms with Crippen molar-refractivity contribution in [1.29, 1.82) is 0 Å². The molecule has 0 atom stereocenters. The monoisotopic (exact) mass is 299 g/mol. The molecule has 114 valence electrons. The number of hydrogen-bond donors (Lipinski definition) is 2. The molecule has 2 aromatic carbocycles. The Labute approximate surface area is 128 Å². The molecule has 0 aliphatic carbocycles. The van der Waals surface area contributed by atoms with Gasteiger partial charge in [0, 0.05) is 11.3 Å². The Hall–Kier alpha value is -2.82. The molecule has 0 saturated carbocycles. The van der Waals surface area contributed by atoms with Gasteiger partial charge in [0.25, 0.3) is 5.91 Å². The number of amides is 1. The van der Waals surface area contributed by atoms with Gasteiger partial charge in [-0.1, -0.05) is 18.2 Å². The molecule has 0 aliphatic rings. The van der Waals surface area contributed by atoms with Crippen LogP contribution in [0.25, 0.3) is 0 Å². The van der Waals surface area contributed by atoms with Gasteiger partial charge in [0.1, 0.15) is 5.75 Å². The number of hydrogen-bond acceptors (Lipinski definition) is 3. The summed E-state index contributed by atoms with van der Waals surface area (Å²) in [7, 11) is 0. The number of rotatable bonds is 5. The Balaban J connectivity index is 2.04. The Kier molecular flexibility index (Phi) is 4.46. The van der Waals surface area contributed by atoms with Crippen LogP contribution in [0.5, 0.6) is 5.75 Å². The van der Waals surface area contributed by atoms with Gasteiger partial charge >= 0.3 is 5.97 Å². The van der Waals surface area contributed by atoms with Crippen LogP contribution < -0.4 is 10.1 Å². The van der Waals surface area contributed by atoms with Crippen molar-refractivity contribution in [3.05, 3.63) is 60.2 Å². The van der Waals surface area contributed by atoms with Crippen molar-refractivity contribution in [3.8, 4) is 5.75 Å². The fraction of sp³-hybridized carbons (Fsp3) is 0.176. The second-order valence-electron chi connectivity index (χ2n) is 5.26. The number of aliphatic carboxylic acids is 1. The first-order chi connectivity index (χ1) is 10.4. The number of carboxylic acids is 1. The molecule has 5 nitrogen and oxygen atoms in total. The second-order valence-corrected chi connectivity index (χ2v) is 5.26. The zero-order valence-corrected chi connectivity index (χ0v) is 12.4. The van der Waals surface area contributed by atoms with Crippen LogP contribution in [0.1, 0.15) is 24.2 Å². The van der Waals surface area contributed by atoms with E-state index in [0.717, 1.165) is 0 Å². The summed E-state index contributed by atoms with van der Waals surface area (Å²) in [6.45, 7) is 2.95. The molecule has 0 saturated heterocycles. The molecule has 22 heavy (non-hydrogen) atoms. The lowest BCUT2D eigenvalue weighted by Gasteiger charge is -2.21. The summed E-state index contributed by atoms with van der Waals surface area (Å²) in [5, 5.41) is 11.8. The van der Waals surface area contributed by atoms with Gasteiger partial charge in [0.15, 0.2) is 5.60 Å². The van der Waals surface area contributed by atoms with E-state index in [-0.39, 0.29) is 5.91 Å². The first-order valence-electron chi connectivity index (χ1n) is 6.77. The summed E-state index contributed by atoms with van der Waals surface area (Å²) >= 11 is 0. The second kappa shape index (κ2) is 6.30. The SMILES string of the molecule is CC(C)(Oc1ccc(NC(=O)c2ccccc2)cc1)C(=O)O. The summed E-state index contributed by atoms with van der Waals surface area (Å²) in [5.41, 5.74) is -0.140. The lowest BCUT2D eigenvalue weighted by Crippen LogP contribution is -2.37. The lowest BCUT2D eigenvalue weighted by atomic mass is 10.1. The van der Waals surface area contributed by atoms with E-state index in [9.17, 15) is 9.59 Å². The zero-order valence-electron chi connectivity index (χ0n) is 12.4. The first-order valence-corrected chi connectivity index (χ1v) is 6.77. The average molecular weight is 299 g/mol. The summed E-state index contributed by atoms with van der Waals surface area (Å²) in [6.07, 6.45) is 0. The molecule has 2 rings (SSSR count). The number of nitrogens with one attached hydrogen (secondary N) is 1. The van der Waals surface area contributed by atoms with Crippen LogP contribution in [0.3, 0.4) is 0 Å². The number of carbonyl (C=O) groups excluding carboxylic acids is 1. The molecule has 0 aliphatic heterocycles. The summed E-state index contributed by atoms with van der Waals surface area (Å²) in [5.74, 6) is -0.834. The highest BCUT2D eigenvalue weighted by Gasteiger charge is 2.29. The van der Waals surface area contributed by atoms with Crippen molar-refractivity contribution in [1.82, 2.24) is 0 Å². The zero-order chi connectivity index (χ0) is 16.2. The van der Waals surface area contributed by atoms with Gasteiger partial charge in [-0.3, -0.25) is 4.79 Å². The molecule has 0 heterocycles. The minimum atomic E-state index is -1.31. The molecule has 0 fully saturated rings. The van der Waals surface area contributed by atoms with Crippen LogP contribution >= 0.6 is 0 Å². The van der Waals surface area contributed by atoms with Crippen molar-refractivity contribution >= 4 is 17.6 Å². The Morgan fingerprint density at radius 2 is 1.59 bits per heavy atom. The van der Waals surface area contributed by atoms with Gasteiger partial charge in [-0.2, -0.15) is 0 Å². The maximum absolute atomic E-state index is 12.0. The van der Waals surface area contributed by atoms with Gasteiger partial charge in [-0.05, 0) is 50.2 Å². The molecule has 0 spiro atoms. The van der Waals surface area contributed by atoms with Gasteiger partial charge in [0.05, 0.1) is 0 Å². The van der Waals surface area contributed by atoms with Gasteiger partial charge in [-0.25, -0.2) is 4.79 Å². The van der Waals surface area contributed by atoms with Crippen LogP contribution in [-0.2, 0) is 4.79 Å². The predicted molar refractivity (Wildman–Crippen MR) is 83.2 cm³/mol. The van der Waals surface area contributed by atoms with Crippen molar-refractivity contribution in [2.75, 3.05) is 5.32 Å². The first kappa shape index (κ1) is 15.6. The minimum Gasteiger partial charge on any atom is -0.478 e. The van der Waals surface area contributed by atoms with E-state index in [1.54, 1.807) is 48.5 Å². The lowest BCUT2D eigenvalue weighted by molar-refractivity contribution is -0.152. The third kappa shape index (κ3) is 3.85. The Bertz CT molecular complexity index is 663. The highest BCUT2D eigenvalue weighted by atomic mass is 16.5. The third-order valence-corrected chi connectivity index (χ3v) is 3.04. The standard InChI is InChI=1S/C17H17NO4/c1-17(2,16(20)21)22-14-10-8-13(9-11-14)18-15(19)12-6-4-3-5-7-12/h3-11H,1-2H3,(H,18,19)(H,20,21). The van der Waals surface area contributed by atoms with Crippen molar-refractivity contribution < 1.29 is 19.4 Å². The highest BCUT2D eigenvalue weighted by molar-refractivity contribution is 6.04. The minimum absolute atomic E-state index is 0.208. The normalized spacial score (nSPS) is 10.8. The smallest absolute Gasteiger partial charge is 0.347 e. The summed E-state index contributed by atoms with van der Waals surface area (Å²) < 4.78 is 5.40. The van der Waals surface area contributed by atoms with Gasteiger partial charge in [-0.15, -0.1) is 0 Å². The number of carbonyl (C=O) groups is 2. The molecule has 2 N–H and O–H groups in total. The maximum atomic E-state index is 12.0. The largest absolute Gasteiger partial charge is 0.478 e. The molecule has 5 heteroatoms. The topological polar surface area (TPSA) is 75.6 Å². The quantitative estimate of drug-likeness (QED) is 0.889. The van der Waals surface area contributed by atoms with Crippen molar-refractivity contribution in [3.63, 3.8) is 0 Å². The van der Waals surface area contributed by atoms with E-state index in [0.29, 0.717) is 17.0 Å². The fourth-order valence-corrected chi connectivity index (χ4v) is 1.74. The number of carboxylic acid groups (broad SMARTS) is 1. The predicted octanol–water partition coefficient (Wildman–Crippen LogP) is 3.18. The highest BCUT2D eigenvalue weighted by Crippen LogP contribution is 2.21. The average Bonchev–Trinajstić information content (AvgIpc) is 2.49. The van der Waals surface area contributed by atoms with Crippen molar-refractivity contribution in [2.45, 2.75) is 19.4 Å². The molecule has 0 bridgehead atoms. The van der Waals surface area contributed by atoms with E-state index < -0.39 is 11.6 Å². The summed E-state index contributed by atoms with van der Waals surface area (Å²) in [4.78, 5) is 23.0. The van der Waals surface area contributed by atoms with E-state index in [2.05, 4.69) is 5.32 Å². The van der Waals surface area contributed by atoms with Gasteiger partial charge < -0.3 is 15.2 Å². The van der Waals surface area contributed by atoms with Crippen LogP contribution in [0, 0.1) is 0 Å². The molecular weight excluding hydrogens is 282 g/mol. The van der Waals surface area contributed by atoms with Crippen LogP contribution in [0.15, 0.2) is 54.6 Å². The number of anilines is 1. The third-order valence-electron chi connectivity index (χ3n) is 3.04. The van der Waals surface area contributed by atoms with Crippen LogP contribution in [0.4, 0.5) is 5.69 Å².